The smallest absolute Gasteiger partial charge is 0.168 e. The lowest BCUT2D eigenvalue weighted by molar-refractivity contribution is 0.0899. The molecule has 0 aliphatic carbocycles. The molecule has 15 heavy (non-hydrogen) atoms. The molecule has 0 amide bonds. The normalized spacial score (nSPS) is 20.5. The molecule has 0 spiro atoms. The van der Waals surface area contributed by atoms with Gasteiger partial charge in [0.1, 0.15) is 0 Å². The number of hydrogen-bond donors (Lipinski definition) is 0. The predicted octanol–water partition coefficient (Wildman–Crippen LogP) is 1.86. The summed E-state index contributed by atoms with van der Waals surface area (Å²) >= 11 is 0. The zero-order valence-electron chi connectivity index (χ0n) is 8.90. The van der Waals surface area contributed by atoms with E-state index in [-0.39, 0.29) is 11.7 Å². The van der Waals surface area contributed by atoms with Gasteiger partial charge < -0.3 is 4.74 Å². The minimum absolute atomic E-state index is 0.0534. The van der Waals surface area contributed by atoms with Gasteiger partial charge in [-0.15, -0.1) is 0 Å². The summed E-state index contributed by atoms with van der Waals surface area (Å²) < 4.78 is 5.24. The molecule has 1 fully saturated rings. The molecule has 3 nitrogen and oxygen atoms in total. The van der Waals surface area contributed by atoms with Crippen molar-refractivity contribution in [2.24, 2.45) is 5.92 Å². The van der Waals surface area contributed by atoms with Crippen LogP contribution in [0.2, 0.25) is 0 Å². The average molecular weight is 205 g/mol. The van der Waals surface area contributed by atoms with Crippen molar-refractivity contribution >= 4 is 5.78 Å². The first-order valence-electron chi connectivity index (χ1n) is 5.37. The van der Waals surface area contributed by atoms with Crippen LogP contribution < -0.4 is 0 Å². The molecule has 1 saturated heterocycles. The van der Waals surface area contributed by atoms with Gasteiger partial charge in [0.2, 0.25) is 0 Å². The van der Waals surface area contributed by atoms with Gasteiger partial charge in [0.05, 0.1) is 6.61 Å². The molecule has 1 aromatic rings. The van der Waals surface area contributed by atoms with E-state index in [4.69, 9.17) is 4.74 Å². The maximum atomic E-state index is 12.1. The summed E-state index contributed by atoms with van der Waals surface area (Å²) in [4.78, 5) is 16.2. The number of hydrogen-bond acceptors (Lipinski definition) is 3. The first kappa shape index (κ1) is 10.3. The van der Waals surface area contributed by atoms with Gasteiger partial charge in [0.25, 0.3) is 0 Å². The first-order valence-corrected chi connectivity index (χ1v) is 5.37. The zero-order valence-corrected chi connectivity index (χ0v) is 8.90. The van der Waals surface area contributed by atoms with E-state index in [2.05, 4.69) is 4.98 Å². The third kappa shape index (κ3) is 2.07. The summed E-state index contributed by atoms with van der Waals surface area (Å²) in [7, 11) is 0. The molecule has 0 saturated carbocycles. The Hall–Kier alpha value is -1.22. The number of nitrogens with zero attached hydrogens (tertiary/aromatic N) is 1. The second-order valence-electron chi connectivity index (χ2n) is 3.81. The molecule has 1 aliphatic heterocycles. The lowest BCUT2D eigenvalue weighted by atomic mass is 9.94. The van der Waals surface area contributed by atoms with Gasteiger partial charge in [-0.05, 0) is 24.5 Å². The molecular weight excluding hydrogens is 190 g/mol. The molecule has 2 rings (SSSR count). The highest BCUT2D eigenvalue weighted by atomic mass is 16.5. The molecule has 1 aliphatic rings. The quantitative estimate of drug-likeness (QED) is 0.707. The number of ketones is 1. The fourth-order valence-corrected chi connectivity index (χ4v) is 1.91. The number of carbonyl (C=O) groups excluding carboxylic acids is 1. The third-order valence-corrected chi connectivity index (χ3v) is 2.85. The molecule has 2 heterocycles. The summed E-state index contributed by atoms with van der Waals surface area (Å²) in [6, 6.07) is 1.82. The van der Waals surface area contributed by atoms with Crippen LogP contribution >= 0.6 is 0 Å². The van der Waals surface area contributed by atoms with E-state index in [1.165, 1.54) is 0 Å². The lowest BCUT2D eigenvalue weighted by Gasteiger charge is -2.09. The van der Waals surface area contributed by atoms with E-state index in [0.717, 1.165) is 24.0 Å². The Morgan fingerprint density at radius 2 is 2.53 bits per heavy atom. The number of ether oxygens (including phenoxy) is 1. The fourth-order valence-electron chi connectivity index (χ4n) is 1.91. The molecule has 0 aromatic carbocycles. The Labute approximate surface area is 89.5 Å². The Bertz CT molecular complexity index is 356. The van der Waals surface area contributed by atoms with Crippen LogP contribution in [0.15, 0.2) is 18.5 Å². The predicted molar refractivity (Wildman–Crippen MR) is 56.9 cm³/mol. The molecule has 1 aromatic heterocycles. The van der Waals surface area contributed by atoms with E-state index in [0.29, 0.717) is 13.2 Å². The number of rotatable bonds is 3. The van der Waals surface area contributed by atoms with Crippen molar-refractivity contribution in [1.29, 1.82) is 0 Å². The maximum absolute atomic E-state index is 12.1. The van der Waals surface area contributed by atoms with Crippen molar-refractivity contribution in [2.75, 3.05) is 13.2 Å². The Morgan fingerprint density at radius 3 is 3.20 bits per heavy atom. The molecular formula is C12H15NO2. The molecule has 80 valence electrons. The van der Waals surface area contributed by atoms with Crippen LogP contribution in [0.5, 0.6) is 0 Å². The van der Waals surface area contributed by atoms with Gasteiger partial charge in [-0.25, -0.2) is 0 Å². The largest absolute Gasteiger partial charge is 0.381 e. The second-order valence-corrected chi connectivity index (χ2v) is 3.81. The van der Waals surface area contributed by atoms with Crippen molar-refractivity contribution in [3.63, 3.8) is 0 Å². The monoisotopic (exact) mass is 205 g/mol. The van der Waals surface area contributed by atoms with E-state index in [9.17, 15) is 4.79 Å². The Morgan fingerprint density at radius 1 is 1.67 bits per heavy atom. The summed E-state index contributed by atoms with van der Waals surface area (Å²) in [6.45, 7) is 3.33. The van der Waals surface area contributed by atoms with Crippen LogP contribution in [0.25, 0.3) is 0 Å². The van der Waals surface area contributed by atoms with Gasteiger partial charge in [-0.1, -0.05) is 6.92 Å². The highest BCUT2D eigenvalue weighted by molar-refractivity contribution is 5.99. The zero-order chi connectivity index (χ0) is 10.7. The van der Waals surface area contributed by atoms with Crippen LogP contribution in [0, 0.1) is 5.92 Å². The van der Waals surface area contributed by atoms with Gasteiger partial charge in [0, 0.05) is 30.5 Å². The van der Waals surface area contributed by atoms with Crippen LogP contribution in [0.4, 0.5) is 0 Å². The summed E-state index contributed by atoms with van der Waals surface area (Å²) in [5, 5.41) is 0. The highest BCUT2D eigenvalue weighted by Crippen LogP contribution is 2.20. The van der Waals surface area contributed by atoms with Crippen LogP contribution in [-0.4, -0.2) is 24.0 Å². The van der Waals surface area contributed by atoms with Crippen molar-refractivity contribution in [3.05, 3.63) is 29.6 Å². The number of aryl methyl sites for hydroxylation is 1. The first-order chi connectivity index (χ1) is 7.33. The molecule has 1 unspecified atom stereocenters. The van der Waals surface area contributed by atoms with E-state index in [1.54, 1.807) is 12.4 Å². The molecule has 3 heteroatoms. The molecule has 0 radical (unpaired) electrons. The van der Waals surface area contributed by atoms with Gasteiger partial charge in [-0.3, -0.25) is 9.78 Å². The number of aromatic nitrogens is 1. The van der Waals surface area contributed by atoms with Gasteiger partial charge in [0.15, 0.2) is 5.78 Å². The molecule has 1 atom stereocenters. The van der Waals surface area contributed by atoms with Crippen molar-refractivity contribution in [3.8, 4) is 0 Å². The molecule has 0 bridgehead atoms. The SMILES string of the molecule is CCc1cnccc1C(=O)C1CCOC1. The summed E-state index contributed by atoms with van der Waals surface area (Å²) in [6.07, 6.45) is 5.16. The number of pyridine rings is 1. The fraction of sp³-hybridized carbons (Fsp3) is 0.500. The second kappa shape index (κ2) is 4.53. The van der Waals surface area contributed by atoms with E-state index >= 15 is 0 Å². The number of Topliss-reactive ketones (excluding diaryl/α,β-unsaturated/α-hetero) is 1. The maximum Gasteiger partial charge on any atom is 0.168 e. The van der Waals surface area contributed by atoms with Crippen LogP contribution in [0.1, 0.15) is 29.3 Å². The van der Waals surface area contributed by atoms with E-state index < -0.39 is 0 Å². The third-order valence-electron chi connectivity index (χ3n) is 2.85. The Balaban J connectivity index is 2.24. The van der Waals surface area contributed by atoms with Gasteiger partial charge in [-0.2, -0.15) is 0 Å². The highest BCUT2D eigenvalue weighted by Gasteiger charge is 2.25. The van der Waals surface area contributed by atoms with Crippen LogP contribution in [-0.2, 0) is 11.2 Å². The minimum Gasteiger partial charge on any atom is -0.381 e. The lowest BCUT2D eigenvalue weighted by Crippen LogP contribution is -2.16. The average Bonchev–Trinajstić information content (AvgIpc) is 2.81. The topological polar surface area (TPSA) is 39.2 Å². The number of carbonyl (C=O) groups is 1. The summed E-state index contributed by atoms with van der Waals surface area (Å²) in [5.41, 5.74) is 1.86. The van der Waals surface area contributed by atoms with Crippen molar-refractivity contribution < 1.29 is 9.53 Å². The van der Waals surface area contributed by atoms with Crippen LogP contribution in [0.3, 0.4) is 0 Å². The summed E-state index contributed by atoms with van der Waals surface area (Å²) in [5.74, 6) is 0.268. The minimum atomic E-state index is 0.0534. The van der Waals surface area contributed by atoms with Gasteiger partial charge >= 0.3 is 0 Å². The van der Waals surface area contributed by atoms with E-state index in [1.807, 2.05) is 13.0 Å². The van der Waals surface area contributed by atoms with Crippen molar-refractivity contribution in [2.45, 2.75) is 19.8 Å². The molecule has 0 N–H and O–H groups in total. The Kier molecular flexibility index (Phi) is 3.11. The standard InChI is InChI=1S/C12H15NO2/c1-2-9-7-13-5-3-11(9)12(14)10-4-6-15-8-10/h3,5,7,10H,2,4,6,8H2,1H3. The van der Waals surface area contributed by atoms with Crippen molar-refractivity contribution in [1.82, 2.24) is 4.98 Å².